The summed E-state index contributed by atoms with van der Waals surface area (Å²) in [6, 6.07) is 6.04. The lowest BCUT2D eigenvalue weighted by Gasteiger charge is -2.20. The molecule has 0 bridgehead atoms. The second kappa shape index (κ2) is 8.16. The predicted octanol–water partition coefficient (Wildman–Crippen LogP) is 1.02. The van der Waals surface area contributed by atoms with Crippen LogP contribution in [0.15, 0.2) is 18.2 Å². The number of ether oxygens (including phenoxy) is 1. The zero-order valence-electron chi connectivity index (χ0n) is 15.7. The van der Waals surface area contributed by atoms with Crippen LogP contribution in [-0.4, -0.2) is 77.7 Å². The molecule has 2 unspecified atom stereocenters. The van der Waals surface area contributed by atoms with Crippen LogP contribution in [0, 0.1) is 18.8 Å². The number of nitrogens with one attached hydrogen (secondary N) is 1. The molecule has 1 fully saturated rings. The first-order valence-electron chi connectivity index (χ1n) is 9.02. The van der Waals surface area contributed by atoms with Crippen LogP contribution in [0.25, 0.3) is 11.0 Å². The topological polar surface area (TPSA) is 81.7 Å². The van der Waals surface area contributed by atoms with Crippen LogP contribution in [0.5, 0.6) is 0 Å². The Balaban J connectivity index is 1.50. The number of aliphatic hydroxyl groups excluding tert-OH is 1. The number of H-pyrrole nitrogens is 1. The highest BCUT2D eigenvalue weighted by Crippen LogP contribution is 2.23. The molecule has 0 saturated carbocycles. The zero-order valence-corrected chi connectivity index (χ0v) is 15.7. The number of benzene rings is 1. The summed E-state index contributed by atoms with van der Waals surface area (Å²) in [4.78, 5) is 24.0. The molecule has 0 radical (unpaired) electrons. The summed E-state index contributed by atoms with van der Waals surface area (Å²) in [6.07, 6.45) is 0. The predicted molar refractivity (Wildman–Crippen MR) is 99.7 cm³/mol. The third kappa shape index (κ3) is 4.41. The molecule has 142 valence electrons. The van der Waals surface area contributed by atoms with E-state index in [4.69, 9.17) is 4.74 Å². The highest BCUT2D eigenvalue weighted by Gasteiger charge is 2.34. The number of amides is 1. The number of likely N-dealkylation sites (tertiary alicyclic amines) is 1. The molecule has 1 amide bonds. The Bertz CT molecular complexity index is 758. The Morgan fingerprint density at radius 3 is 2.88 bits per heavy atom. The summed E-state index contributed by atoms with van der Waals surface area (Å²) < 4.78 is 5.58. The van der Waals surface area contributed by atoms with E-state index in [0.29, 0.717) is 19.0 Å². The van der Waals surface area contributed by atoms with Gasteiger partial charge in [0, 0.05) is 32.2 Å². The standard InChI is InChI=1S/C19H28N4O3/c1-13-4-5-16-17(6-13)21-18(20-16)11-26-12-19(25)23-8-14(7-22(2)3)15(9-23)10-24/h4-6,14-15,24H,7-12H2,1-3H3,(H,20,21). The molecule has 1 aliphatic rings. The minimum Gasteiger partial charge on any atom is -0.396 e. The number of aromatic nitrogens is 2. The Morgan fingerprint density at radius 1 is 1.38 bits per heavy atom. The lowest BCUT2D eigenvalue weighted by Crippen LogP contribution is -2.33. The van der Waals surface area contributed by atoms with E-state index in [-0.39, 0.29) is 31.6 Å². The fourth-order valence-corrected chi connectivity index (χ4v) is 3.60. The number of hydrogen-bond acceptors (Lipinski definition) is 5. The quantitative estimate of drug-likeness (QED) is 0.770. The van der Waals surface area contributed by atoms with Crippen molar-refractivity contribution in [3.05, 3.63) is 29.6 Å². The Kier molecular flexibility index (Phi) is 5.90. The normalized spacial score (nSPS) is 20.4. The van der Waals surface area contributed by atoms with Crippen molar-refractivity contribution in [2.24, 2.45) is 11.8 Å². The van der Waals surface area contributed by atoms with E-state index >= 15 is 0 Å². The monoisotopic (exact) mass is 360 g/mol. The van der Waals surface area contributed by atoms with Gasteiger partial charge >= 0.3 is 0 Å². The van der Waals surface area contributed by atoms with Crippen molar-refractivity contribution < 1.29 is 14.6 Å². The number of carbonyl (C=O) groups is 1. The van der Waals surface area contributed by atoms with E-state index in [1.54, 1.807) is 4.90 Å². The summed E-state index contributed by atoms with van der Waals surface area (Å²) in [5, 5.41) is 9.56. The van der Waals surface area contributed by atoms with Crippen molar-refractivity contribution in [1.29, 1.82) is 0 Å². The summed E-state index contributed by atoms with van der Waals surface area (Å²) >= 11 is 0. The molecule has 0 spiro atoms. The van der Waals surface area contributed by atoms with E-state index in [1.807, 2.05) is 39.2 Å². The molecule has 26 heavy (non-hydrogen) atoms. The highest BCUT2D eigenvalue weighted by atomic mass is 16.5. The lowest BCUT2D eigenvalue weighted by atomic mass is 9.97. The van der Waals surface area contributed by atoms with Gasteiger partial charge in [0.1, 0.15) is 19.0 Å². The van der Waals surface area contributed by atoms with E-state index < -0.39 is 0 Å². The molecule has 2 heterocycles. The molecule has 1 aliphatic heterocycles. The number of aryl methyl sites for hydroxylation is 1. The van der Waals surface area contributed by atoms with Gasteiger partial charge in [-0.15, -0.1) is 0 Å². The van der Waals surface area contributed by atoms with E-state index in [0.717, 1.165) is 23.4 Å². The third-order valence-electron chi connectivity index (χ3n) is 4.91. The molecule has 1 aromatic heterocycles. The van der Waals surface area contributed by atoms with Crippen LogP contribution in [0.3, 0.4) is 0 Å². The second-order valence-corrected chi connectivity index (χ2v) is 7.46. The molecular weight excluding hydrogens is 332 g/mol. The molecule has 3 rings (SSSR count). The van der Waals surface area contributed by atoms with Gasteiger partial charge in [-0.1, -0.05) is 6.07 Å². The average Bonchev–Trinajstić information content (AvgIpc) is 3.17. The van der Waals surface area contributed by atoms with Crippen LogP contribution in [0.2, 0.25) is 0 Å². The minimum absolute atomic E-state index is 0.0307. The SMILES string of the molecule is Cc1ccc2nc(COCC(=O)N3CC(CO)C(CN(C)C)C3)[nH]c2c1. The fraction of sp³-hybridized carbons (Fsp3) is 0.579. The number of aromatic amines is 1. The van der Waals surface area contributed by atoms with Crippen LogP contribution < -0.4 is 0 Å². The van der Waals surface area contributed by atoms with Gasteiger partial charge in [0.25, 0.3) is 0 Å². The van der Waals surface area contributed by atoms with Crippen molar-refractivity contribution in [3.63, 3.8) is 0 Å². The smallest absolute Gasteiger partial charge is 0.248 e. The van der Waals surface area contributed by atoms with Gasteiger partial charge in [-0.25, -0.2) is 4.98 Å². The van der Waals surface area contributed by atoms with Crippen LogP contribution in [0.1, 0.15) is 11.4 Å². The van der Waals surface area contributed by atoms with Crippen LogP contribution in [-0.2, 0) is 16.1 Å². The minimum atomic E-state index is -0.0309. The average molecular weight is 360 g/mol. The number of fused-ring (bicyclic) bond motifs is 1. The van der Waals surface area contributed by atoms with Crippen molar-refractivity contribution in [3.8, 4) is 0 Å². The Labute approximate surface area is 154 Å². The van der Waals surface area contributed by atoms with Crippen molar-refractivity contribution >= 4 is 16.9 Å². The lowest BCUT2D eigenvalue weighted by molar-refractivity contribution is -0.135. The first kappa shape index (κ1) is 18.8. The van der Waals surface area contributed by atoms with Gasteiger partial charge in [0.2, 0.25) is 5.91 Å². The van der Waals surface area contributed by atoms with Gasteiger partial charge < -0.3 is 24.6 Å². The van der Waals surface area contributed by atoms with Crippen molar-refractivity contribution in [2.75, 3.05) is 46.9 Å². The molecule has 1 saturated heterocycles. The zero-order chi connectivity index (χ0) is 18.7. The number of nitrogens with zero attached hydrogens (tertiary/aromatic N) is 3. The maximum Gasteiger partial charge on any atom is 0.248 e. The Morgan fingerprint density at radius 2 is 2.15 bits per heavy atom. The second-order valence-electron chi connectivity index (χ2n) is 7.46. The largest absolute Gasteiger partial charge is 0.396 e. The first-order valence-corrected chi connectivity index (χ1v) is 9.02. The molecule has 7 heteroatoms. The number of imidazole rings is 1. The molecular formula is C19H28N4O3. The van der Waals surface area contributed by atoms with Gasteiger partial charge in [0.05, 0.1) is 11.0 Å². The summed E-state index contributed by atoms with van der Waals surface area (Å²) in [5.74, 6) is 1.13. The first-order chi connectivity index (χ1) is 12.5. The number of aliphatic hydroxyl groups is 1. The van der Waals surface area contributed by atoms with Crippen LogP contribution >= 0.6 is 0 Å². The molecule has 2 atom stereocenters. The summed E-state index contributed by atoms with van der Waals surface area (Å²) in [5.41, 5.74) is 3.05. The van der Waals surface area contributed by atoms with Gasteiger partial charge in [-0.2, -0.15) is 0 Å². The van der Waals surface area contributed by atoms with E-state index in [9.17, 15) is 9.90 Å². The van der Waals surface area contributed by atoms with E-state index in [1.165, 1.54) is 5.56 Å². The maximum atomic E-state index is 12.4. The van der Waals surface area contributed by atoms with Crippen molar-refractivity contribution in [2.45, 2.75) is 13.5 Å². The van der Waals surface area contributed by atoms with E-state index in [2.05, 4.69) is 14.9 Å². The Hall–Kier alpha value is -1.96. The van der Waals surface area contributed by atoms with Crippen LogP contribution in [0.4, 0.5) is 0 Å². The highest BCUT2D eigenvalue weighted by molar-refractivity contribution is 5.78. The molecule has 1 aromatic carbocycles. The van der Waals surface area contributed by atoms with Gasteiger partial charge in [0.15, 0.2) is 0 Å². The molecule has 7 nitrogen and oxygen atoms in total. The molecule has 0 aliphatic carbocycles. The van der Waals surface area contributed by atoms with Gasteiger partial charge in [-0.05, 0) is 44.6 Å². The van der Waals surface area contributed by atoms with Gasteiger partial charge in [-0.3, -0.25) is 4.79 Å². The fourth-order valence-electron chi connectivity index (χ4n) is 3.60. The summed E-state index contributed by atoms with van der Waals surface area (Å²) in [7, 11) is 4.02. The number of carbonyl (C=O) groups excluding carboxylic acids is 1. The van der Waals surface area contributed by atoms with Crippen molar-refractivity contribution in [1.82, 2.24) is 19.8 Å². The molecule has 2 aromatic rings. The number of hydrogen-bond donors (Lipinski definition) is 2. The molecule has 2 N–H and O–H groups in total. The third-order valence-corrected chi connectivity index (χ3v) is 4.91. The summed E-state index contributed by atoms with van der Waals surface area (Å²) in [6.45, 7) is 4.60. The maximum absolute atomic E-state index is 12.4. The number of rotatable bonds is 7.